The van der Waals surface area contributed by atoms with Crippen LogP contribution in [0.1, 0.15) is 16.2 Å². The molecule has 0 aliphatic rings. The quantitative estimate of drug-likeness (QED) is 0.525. The molecule has 4 rings (SSSR count). The van der Waals surface area contributed by atoms with Crippen molar-refractivity contribution in [2.24, 2.45) is 7.05 Å². The third kappa shape index (κ3) is 3.97. The van der Waals surface area contributed by atoms with Crippen LogP contribution in [-0.4, -0.2) is 42.5 Å². The van der Waals surface area contributed by atoms with Crippen LogP contribution in [0.2, 0.25) is 0 Å². The average Bonchev–Trinajstić information content (AvgIpc) is 3.35. The number of benzene rings is 1. The molecule has 0 saturated carbocycles. The Bertz CT molecular complexity index is 1160. The van der Waals surface area contributed by atoms with Crippen LogP contribution < -0.4 is 14.8 Å². The summed E-state index contributed by atoms with van der Waals surface area (Å²) in [6.07, 6.45) is 5.11. The van der Waals surface area contributed by atoms with Gasteiger partial charge >= 0.3 is 0 Å². The van der Waals surface area contributed by atoms with Crippen LogP contribution in [-0.2, 0) is 7.05 Å². The fraction of sp³-hybridized carbons (Fsp3) is 0.150. The second-order valence-electron chi connectivity index (χ2n) is 6.38. The second kappa shape index (κ2) is 8.03. The monoisotopic (exact) mass is 405 g/mol. The molecule has 0 aliphatic heterocycles. The second-order valence-corrected chi connectivity index (χ2v) is 6.38. The first kappa shape index (κ1) is 19.1. The predicted octanol–water partition coefficient (Wildman–Crippen LogP) is 2.76. The molecule has 0 radical (unpaired) electrons. The fourth-order valence-corrected chi connectivity index (χ4v) is 2.82. The number of carbonyl (C=O) groups is 1. The third-order valence-corrected chi connectivity index (χ3v) is 4.27. The minimum atomic E-state index is -0.315. The molecular formula is C20H19N7O3. The molecule has 1 aromatic carbocycles. The molecule has 152 valence electrons. The number of rotatable bonds is 6. The molecule has 10 nitrogen and oxygen atoms in total. The van der Waals surface area contributed by atoms with Crippen molar-refractivity contribution in [2.75, 3.05) is 12.4 Å². The van der Waals surface area contributed by atoms with Gasteiger partial charge in [-0.1, -0.05) is 0 Å². The largest absolute Gasteiger partial charge is 0.479 e. The summed E-state index contributed by atoms with van der Waals surface area (Å²) in [6.45, 7) is 1.89. The highest BCUT2D eigenvalue weighted by Gasteiger charge is 2.16. The fourth-order valence-electron chi connectivity index (χ4n) is 2.82. The molecule has 1 N–H and O–H groups in total. The Morgan fingerprint density at radius 1 is 1.10 bits per heavy atom. The number of amides is 1. The smallest absolute Gasteiger partial charge is 0.262 e. The van der Waals surface area contributed by atoms with Gasteiger partial charge in [0.05, 0.1) is 7.11 Å². The first-order chi connectivity index (χ1) is 14.5. The van der Waals surface area contributed by atoms with Crippen LogP contribution in [0, 0.1) is 6.92 Å². The van der Waals surface area contributed by atoms with Gasteiger partial charge in [0.2, 0.25) is 11.8 Å². The number of anilines is 1. The Labute approximate surface area is 172 Å². The Hall–Kier alpha value is -4.21. The summed E-state index contributed by atoms with van der Waals surface area (Å²) in [4.78, 5) is 16.6. The number of hydrogen-bond donors (Lipinski definition) is 1. The van der Waals surface area contributed by atoms with E-state index in [1.54, 1.807) is 55.8 Å². The summed E-state index contributed by atoms with van der Waals surface area (Å²) >= 11 is 0. The first-order valence-corrected chi connectivity index (χ1v) is 9.04. The lowest BCUT2D eigenvalue weighted by molar-refractivity contribution is 0.102. The number of imidazole rings is 1. The van der Waals surface area contributed by atoms with Crippen molar-refractivity contribution >= 4 is 11.6 Å². The van der Waals surface area contributed by atoms with Gasteiger partial charge in [-0.25, -0.2) is 4.98 Å². The van der Waals surface area contributed by atoms with E-state index in [1.807, 2.05) is 17.7 Å². The minimum Gasteiger partial charge on any atom is -0.479 e. The summed E-state index contributed by atoms with van der Waals surface area (Å²) < 4.78 is 14.2. The molecule has 0 fully saturated rings. The summed E-state index contributed by atoms with van der Waals surface area (Å²) in [5, 5.41) is 15.1. The van der Waals surface area contributed by atoms with E-state index in [0.717, 1.165) is 5.82 Å². The molecule has 3 aromatic heterocycles. The van der Waals surface area contributed by atoms with Gasteiger partial charge in [-0.2, -0.15) is 0 Å². The molecule has 30 heavy (non-hydrogen) atoms. The van der Waals surface area contributed by atoms with Crippen LogP contribution in [0.5, 0.6) is 17.5 Å². The Kier molecular flexibility index (Phi) is 5.12. The Morgan fingerprint density at radius 2 is 1.90 bits per heavy atom. The minimum absolute atomic E-state index is 0.267. The number of nitrogens with one attached hydrogen (secondary N) is 1. The summed E-state index contributed by atoms with van der Waals surface area (Å²) in [6, 6.07) is 10.4. The Balaban J connectivity index is 1.41. The maximum absolute atomic E-state index is 12.4. The molecule has 0 spiro atoms. The molecule has 0 aliphatic carbocycles. The molecule has 0 saturated heterocycles. The highest BCUT2D eigenvalue weighted by Crippen LogP contribution is 2.23. The van der Waals surface area contributed by atoms with Gasteiger partial charge in [0.25, 0.3) is 5.91 Å². The molecule has 4 aromatic rings. The maximum atomic E-state index is 12.4. The molecule has 0 unspecified atom stereocenters. The molecular weight excluding hydrogens is 386 g/mol. The molecule has 0 bridgehead atoms. The topological polar surface area (TPSA) is 109 Å². The molecule has 1 amide bonds. The number of aromatic nitrogens is 6. The number of hydrogen-bond acceptors (Lipinski definition) is 7. The van der Waals surface area contributed by atoms with Crippen molar-refractivity contribution in [1.82, 2.24) is 29.5 Å². The van der Waals surface area contributed by atoms with Crippen molar-refractivity contribution in [3.63, 3.8) is 0 Å². The third-order valence-electron chi connectivity index (χ3n) is 4.27. The number of carbonyl (C=O) groups excluding carboxylic acids is 1. The van der Waals surface area contributed by atoms with E-state index in [4.69, 9.17) is 9.47 Å². The van der Waals surface area contributed by atoms with Gasteiger partial charge in [-0.15, -0.1) is 15.3 Å². The summed E-state index contributed by atoms with van der Waals surface area (Å²) in [5.74, 6) is 2.34. The van der Waals surface area contributed by atoms with Gasteiger partial charge in [-0.3, -0.25) is 14.0 Å². The zero-order chi connectivity index (χ0) is 21.1. The van der Waals surface area contributed by atoms with Gasteiger partial charge in [0, 0.05) is 37.4 Å². The lowest BCUT2D eigenvalue weighted by Crippen LogP contribution is -2.12. The zero-order valence-electron chi connectivity index (χ0n) is 16.6. The highest BCUT2D eigenvalue weighted by molar-refractivity contribution is 6.05. The predicted molar refractivity (Wildman–Crippen MR) is 108 cm³/mol. The van der Waals surface area contributed by atoms with E-state index in [-0.39, 0.29) is 11.8 Å². The van der Waals surface area contributed by atoms with Gasteiger partial charge < -0.3 is 14.8 Å². The van der Waals surface area contributed by atoms with Crippen molar-refractivity contribution in [3.05, 3.63) is 66.4 Å². The van der Waals surface area contributed by atoms with Crippen molar-refractivity contribution in [2.45, 2.75) is 6.92 Å². The SMILES string of the molecule is COc1nn(C)cc1C(=O)Nc1ccc(Oc2ccc(-n3ccnc3C)nn2)cc1. The zero-order valence-corrected chi connectivity index (χ0v) is 16.6. The summed E-state index contributed by atoms with van der Waals surface area (Å²) in [5.41, 5.74) is 0.957. The number of nitrogens with zero attached hydrogens (tertiary/aromatic N) is 6. The normalized spacial score (nSPS) is 10.6. The van der Waals surface area contributed by atoms with Crippen molar-refractivity contribution < 1.29 is 14.3 Å². The van der Waals surface area contributed by atoms with E-state index in [2.05, 4.69) is 25.6 Å². The van der Waals surface area contributed by atoms with Crippen LogP contribution in [0.25, 0.3) is 5.82 Å². The maximum Gasteiger partial charge on any atom is 0.262 e. The van der Waals surface area contributed by atoms with Gasteiger partial charge in [0.1, 0.15) is 17.1 Å². The number of aryl methyl sites for hydroxylation is 2. The lowest BCUT2D eigenvalue weighted by Gasteiger charge is -2.08. The van der Waals surface area contributed by atoms with Crippen molar-refractivity contribution in [1.29, 1.82) is 0 Å². The summed E-state index contributed by atoms with van der Waals surface area (Å²) in [7, 11) is 3.19. The standard InChI is InChI=1S/C20H19N7O3/c1-13-21-10-11-27(13)17-8-9-18(24-23-17)30-15-6-4-14(5-7-15)22-19(28)16-12-26(2)25-20(16)29-3/h4-12H,1-3H3,(H,22,28). The van der Waals surface area contributed by atoms with Crippen LogP contribution in [0.4, 0.5) is 5.69 Å². The highest BCUT2D eigenvalue weighted by atomic mass is 16.5. The van der Waals surface area contributed by atoms with Crippen LogP contribution in [0.3, 0.4) is 0 Å². The number of ether oxygens (including phenoxy) is 2. The van der Waals surface area contributed by atoms with Gasteiger partial charge in [0.15, 0.2) is 5.82 Å². The van der Waals surface area contributed by atoms with Gasteiger partial charge in [-0.05, 0) is 37.3 Å². The first-order valence-electron chi connectivity index (χ1n) is 9.04. The molecule has 0 atom stereocenters. The van der Waals surface area contributed by atoms with E-state index < -0.39 is 0 Å². The molecule has 3 heterocycles. The number of methoxy groups -OCH3 is 1. The average molecular weight is 405 g/mol. The Morgan fingerprint density at radius 3 is 2.53 bits per heavy atom. The lowest BCUT2D eigenvalue weighted by atomic mass is 10.2. The van der Waals surface area contributed by atoms with Crippen LogP contribution >= 0.6 is 0 Å². The van der Waals surface area contributed by atoms with E-state index >= 15 is 0 Å². The van der Waals surface area contributed by atoms with E-state index in [9.17, 15) is 4.79 Å². The van der Waals surface area contributed by atoms with Crippen molar-refractivity contribution in [3.8, 4) is 23.3 Å². The van der Waals surface area contributed by atoms with Crippen LogP contribution in [0.15, 0.2) is 55.0 Å². The molecule has 10 heteroatoms. The van der Waals surface area contributed by atoms with E-state index in [1.165, 1.54) is 11.8 Å². The van der Waals surface area contributed by atoms with E-state index in [0.29, 0.717) is 28.7 Å².